The summed E-state index contributed by atoms with van der Waals surface area (Å²) in [6.45, 7) is 7.03. The van der Waals surface area contributed by atoms with Gasteiger partial charge in [0.1, 0.15) is 17.9 Å². The number of hydrogen-bond acceptors (Lipinski definition) is 5. The number of halogens is 2. The Hall–Kier alpha value is -4.57. The highest BCUT2D eigenvalue weighted by Crippen LogP contribution is 2.41. The summed E-state index contributed by atoms with van der Waals surface area (Å²) in [5.41, 5.74) is 4.39. The molecule has 0 saturated heterocycles. The zero-order valence-corrected chi connectivity index (χ0v) is 29.1. The first kappa shape index (κ1) is 33.0. The Morgan fingerprint density at radius 3 is 2.67 bits per heavy atom. The molecular formula is C39H40F2N6OS. The summed E-state index contributed by atoms with van der Waals surface area (Å²) in [4.78, 5) is 20.5. The van der Waals surface area contributed by atoms with Crippen molar-refractivity contribution in [3.63, 3.8) is 0 Å². The van der Waals surface area contributed by atoms with Crippen LogP contribution in [0, 0.1) is 11.6 Å². The van der Waals surface area contributed by atoms with Crippen molar-refractivity contribution in [1.29, 1.82) is 0 Å². The van der Waals surface area contributed by atoms with Gasteiger partial charge in [-0.05, 0) is 84.2 Å². The van der Waals surface area contributed by atoms with E-state index in [4.69, 9.17) is 15.2 Å². The number of aryl methyl sites for hydroxylation is 2. The smallest absolute Gasteiger partial charge is 0.161 e. The molecule has 49 heavy (non-hydrogen) atoms. The summed E-state index contributed by atoms with van der Waals surface area (Å²) in [5, 5.41) is 10.6. The van der Waals surface area contributed by atoms with Crippen LogP contribution in [0.15, 0.2) is 83.0 Å². The highest BCUT2D eigenvalue weighted by molar-refractivity contribution is 7.99. The maximum absolute atomic E-state index is 15.9. The Balaban J connectivity index is 1.38. The monoisotopic (exact) mass is 678 g/mol. The summed E-state index contributed by atoms with van der Waals surface area (Å²) in [5.74, 6) is 0.233. The minimum Gasteiger partial charge on any atom is -0.361 e. The lowest BCUT2D eigenvalue weighted by Crippen LogP contribution is -2.26. The van der Waals surface area contributed by atoms with Crippen molar-refractivity contribution >= 4 is 29.0 Å². The molecule has 0 fully saturated rings. The van der Waals surface area contributed by atoms with Crippen molar-refractivity contribution in [2.45, 2.75) is 86.5 Å². The van der Waals surface area contributed by atoms with Gasteiger partial charge in [0.2, 0.25) is 0 Å². The molecule has 1 aliphatic rings. The van der Waals surface area contributed by atoms with Crippen molar-refractivity contribution in [1.82, 2.24) is 29.5 Å². The number of aromatic amines is 1. The largest absolute Gasteiger partial charge is 0.361 e. The van der Waals surface area contributed by atoms with E-state index < -0.39 is 11.2 Å². The first-order valence-electron chi connectivity index (χ1n) is 16.8. The van der Waals surface area contributed by atoms with Gasteiger partial charge in [0.05, 0.1) is 28.6 Å². The molecule has 0 aliphatic carbocycles. The van der Waals surface area contributed by atoms with Gasteiger partial charge in [0.25, 0.3) is 0 Å². The number of carbonyl (C=O) groups is 1. The Bertz CT molecular complexity index is 2160. The molecule has 1 N–H and O–H groups in total. The first-order valence-corrected chi connectivity index (χ1v) is 17.6. The number of H-pyrrole nitrogens is 1. The van der Waals surface area contributed by atoms with Crippen molar-refractivity contribution < 1.29 is 13.6 Å². The maximum atomic E-state index is 15.9. The van der Waals surface area contributed by atoms with Crippen LogP contribution >= 0.6 is 11.8 Å². The molecule has 4 heterocycles. The van der Waals surface area contributed by atoms with Gasteiger partial charge in [-0.1, -0.05) is 62.7 Å². The van der Waals surface area contributed by atoms with Crippen molar-refractivity contribution in [2.75, 3.05) is 0 Å². The highest BCUT2D eigenvalue weighted by Gasteiger charge is 2.35. The fourth-order valence-corrected chi connectivity index (χ4v) is 8.04. The van der Waals surface area contributed by atoms with Crippen LogP contribution in [0.5, 0.6) is 0 Å². The molecule has 1 atom stereocenters. The Morgan fingerprint density at radius 1 is 1.00 bits per heavy atom. The molecule has 1 unspecified atom stereocenters. The van der Waals surface area contributed by atoms with Gasteiger partial charge in [-0.3, -0.25) is 4.68 Å². The van der Waals surface area contributed by atoms with Crippen LogP contribution in [-0.4, -0.2) is 35.8 Å². The van der Waals surface area contributed by atoms with E-state index in [-0.39, 0.29) is 11.2 Å². The highest BCUT2D eigenvalue weighted by atomic mass is 32.2. The molecule has 0 saturated carbocycles. The molecular weight excluding hydrogens is 639 g/mol. The molecule has 0 radical (unpaired) electrons. The van der Waals surface area contributed by atoms with Crippen molar-refractivity contribution in [3.05, 3.63) is 113 Å². The number of hydrogen-bond donors (Lipinski definition) is 1. The third-order valence-electron chi connectivity index (χ3n) is 10.1. The van der Waals surface area contributed by atoms with E-state index in [1.165, 1.54) is 23.9 Å². The first-order chi connectivity index (χ1) is 23.6. The lowest BCUT2D eigenvalue weighted by atomic mass is 9.75. The van der Waals surface area contributed by atoms with E-state index >= 15 is 8.78 Å². The lowest BCUT2D eigenvalue weighted by Gasteiger charge is -2.29. The molecule has 7 nitrogen and oxygen atoms in total. The van der Waals surface area contributed by atoms with E-state index in [1.54, 1.807) is 23.9 Å². The second-order valence-electron chi connectivity index (χ2n) is 14.0. The number of carbonyl (C=O) groups excluding carboxylic acids is 1. The van der Waals surface area contributed by atoms with Gasteiger partial charge in [-0.25, -0.2) is 18.4 Å². The molecule has 1 aliphatic heterocycles. The van der Waals surface area contributed by atoms with Gasteiger partial charge in [0, 0.05) is 41.7 Å². The number of fused-ring (bicyclic) bond motifs is 10. The SMILES string of the molecule is Cn1nc2nc1-c1cc(ccc1F)Sc1c(F)cc3[nH]ccc3c1Cn1cc(cn1)C(C)(C)CCCCC2(C)c1cccc(CCC=O)c1. The number of aldehydes is 1. The van der Waals surface area contributed by atoms with E-state index in [1.807, 2.05) is 35.3 Å². The second kappa shape index (κ2) is 13.0. The Morgan fingerprint density at radius 2 is 1.84 bits per heavy atom. The normalized spacial score (nSPS) is 18.0. The maximum Gasteiger partial charge on any atom is 0.161 e. The Kier molecular flexibility index (Phi) is 8.77. The summed E-state index contributed by atoms with van der Waals surface area (Å²) in [6, 6.07) is 16.6. The third-order valence-corrected chi connectivity index (χ3v) is 11.2. The number of benzene rings is 3. The minimum atomic E-state index is -0.571. The van der Waals surface area contributed by atoms with Gasteiger partial charge >= 0.3 is 0 Å². The van der Waals surface area contributed by atoms with Crippen LogP contribution in [0.2, 0.25) is 0 Å². The molecule has 7 rings (SSSR count). The zero-order valence-electron chi connectivity index (χ0n) is 28.3. The number of nitrogens with zero attached hydrogens (tertiary/aromatic N) is 5. The molecule has 252 valence electrons. The molecule has 0 spiro atoms. The van der Waals surface area contributed by atoms with Gasteiger partial charge in [0.15, 0.2) is 11.6 Å². The van der Waals surface area contributed by atoms with Gasteiger partial charge in [-0.15, -0.1) is 0 Å². The van der Waals surface area contributed by atoms with Gasteiger partial charge in [-0.2, -0.15) is 10.2 Å². The number of nitrogens with one attached hydrogen (secondary N) is 1. The predicted molar refractivity (Wildman–Crippen MR) is 189 cm³/mol. The van der Waals surface area contributed by atoms with E-state index in [2.05, 4.69) is 44.1 Å². The van der Waals surface area contributed by atoms with E-state index in [0.717, 1.165) is 59.6 Å². The lowest BCUT2D eigenvalue weighted by molar-refractivity contribution is -0.107. The Labute approximate surface area is 289 Å². The molecule has 3 aromatic carbocycles. The van der Waals surface area contributed by atoms with Gasteiger partial charge < -0.3 is 9.78 Å². The topological polar surface area (TPSA) is 81.4 Å². The molecule has 6 aromatic rings. The predicted octanol–water partition coefficient (Wildman–Crippen LogP) is 8.93. The number of aromatic nitrogens is 6. The van der Waals surface area contributed by atoms with E-state index in [9.17, 15) is 4.79 Å². The summed E-state index contributed by atoms with van der Waals surface area (Å²) < 4.78 is 35.1. The molecule has 10 heteroatoms. The standard InChI is InChI=1S/C39H40F2N6OS/c1-38(2)15-5-6-16-39(3,26-11-7-9-25(19-26)10-8-18-48)37-44-36(46(4)45-37)30-20-28(12-13-32(30)40)49-35-31(24-47-23-27(38)22-43-47)29-14-17-42-34(29)21-33(35)41/h7,9,11-14,17-23,42H,5-6,8,10,15-16,24H2,1-4H3. The molecule has 3 aromatic heterocycles. The second-order valence-corrected chi connectivity index (χ2v) is 15.1. The molecule has 0 amide bonds. The summed E-state index contributed by atoms with van der Waals surface area (Å²) >= 11 is 1.27. The van der Waals surface area contributed by atoms with E-state index in [0.29, 0.717) is 51.9 Å². The number of rotatable bonds is 4. The van der Waals surface area contributed by atoms with Crippen LogP contribution < -0.4 is 0 Å². The van der Waals surface area contributed by atoms with Crippen LogP contribution in [0.25, 0.3) is 22.3 Å². The van der Waals surface area contributed by atoms with Crippen LogP contribution in [0.4, 0.5) is 8.78 Å². The fourth-order valence-electron chi connectivity index (χ4n) is 7.03. The molecule has 6 bridgehead atoms. The average molecular weight is 679 g/mol. The van der Waals surface area contributed by atoms with Crippen LogP contribution in [0.3, 0.4) is 0 Å². The van der Waals surface area contributed by atoms with Crippen LogP contribution in [0.1, 0.15) is 81.0 Å². The average Bonchev–Trinajstić information content (AvgIpc) is 3.85. The zero-order chi connectivity index (χ0) is 34.3. The van der Waals surface area contributed by atoms with Crippen LogP contribution in [-0.2, 0) is 35.6 Å². The summed E-state index contributed by atoms with van der Waals surface area (Å²) in [6.07, 6.45) is 11.5. The summed E-state index contributed by atoms with van der Waals surface area (Å²) in [7, 11) is 1.79. The fraction of sp³-hybridized carbons (Fsp3) is 0.333. The minimum absolute atomic E-state index is 0.137. The quantitative estimate of drug-likeness (QED) is 0.188. The third kappa shape index (κ3) is 6.34. The van der Waals surface area contributed by atoms with Crippen molar-refractivity contribution in [3.8, 4) is 11.4 Å². The van der Waals surface area contributed by atoms with Crippen molar-refractivity contribution in [2.24, 2.45) is 7.05 Å².